The minimum Gasteiger partial charge on any atom is -0.396 e. The SMILES string of the molecule is Nc1ncnc2c1ncn2CO[C@@H](CCO)COS(=O)(=O)NC(=O)c1ccc[nH]c1=O. The predicted octanol–water partition coefficient (Wildman–Crippen LogP) is -1.49. The van der Waals surface area contributed by atoms with Gasteiger partial charge in [-0.1, -0.05) is 0 Å². The Kier molecular flexibility index (Phi) is 6.91. The van der Waals surface area contributed by atoms with Crippen LogP contribution in [0.15, 0.2) is 35.8 Å². The number of hydrogen-bond donors (Lipinski definition) is 4. The molecule has 5 N–H and O–H groups in total. The van der Waals surface area contributed by atoms with E-state index < -0.39 is 40.0 Å². The minimum atomic E-state index is -4.54. The van der Waals surface area contributed by atoms with Gasteiger partial charge < -0.3 is 20.6 Å². The van der Waals surface area contributed by atoms with Crippen LogP contribution < -0.4 is 16.0 Å². The lowest BCUT2D eigenvalue weighted by Crippen LogP contribution is -2.37. The van der Waals surface area contributed by atoms with Crippen LogP contribution in [0.5, 0.6) is 0 Å². The van der Waals surface area contributed by atoms with Crippen LogP contribution in [0.1, 0.15) is 16.8 Å². The highest BCUT2D eigenvalue weighted by Gasteiger charge is 2.21. The van der Waals surface area contributed by atoms with Crippen molar-refractivity contribution in [3.63, 3.8) is 0 Å². The number of aliphatic hydroxyl groups excluding tert-OH is 1. The lowest BCUT2D eigenvalue weighted by atomic mass is 10.3. The second-order valence-electron chi connectivity index (χ2n) is 6.16. The molecule has 0 fully saturated rings. The lowest BCUT2D eigenvalue weighted by Gasteiger charge is -2.17. The summed E-state index contributed by atoms with van der Waals surface area (Å²) >= 11 is 0. The molecule has 0 aliphatic carbocycles. The Morgan fingerprint density at radius 2 is 2.16 bits per heavy atom. The molecule has 0 unspecified atom stereocenters. The van der Waals surface area contributed by atoms with Crippen LogP contribution in [0.3, 0.4) is 0 Å². The van der Waals surface area contributed by atoms with Crippen LogP contribution in [-0.4, -0.2) is 63.3 Å². The van der Waals surface area contributed by atoms with Crippen LogP contribution in [-0.2, 0) is 26.0 Å². The first kappa shape index (κ1) is 22.3. The molecule has 14 nitrogen and oxygen atoms in total. The van der Waals surface area contributed by atoms with E-state index in [0.29, 0.717) is 11.2 Å². The number of nitrogens with two attached hydrogens (primary N) is 1. The van der Waals surface area contributed by atoms with Crippen LogP contribution in [0, 0.1) is 0 Å². The molecule has 1 amide bonds. The summed E-state index contributed by atoms with van der Waals surface area (Å²) in [7, 11) is -4.54. The van der Waals surface area contributed by atoms with Gasteiger partial charge in [-0.15, -0.1) is 0 Å². The first-order valence-electron chi connectivity index (χ1n) is 8.83. The van der Waals surface area contributed by atoms with Crippen molar-refractivity contribution in [2.24, 2.45) is 0 Å². The topological polar surface area (TPSA) is 204 Å². The van der Waals surface area contributed by atoms with Crippen molar-refractivity contribution in [1.29, 1.82) is 0 Å². The summed E-state index contributed by atoms with van der Waals surface area (Å²) in [6.07, 6.45) is 3.17. The Morgan fingerprint density at radius 1 is 1.35 bits per heavy atom. The van der Waals surface area contributed by atoms with E-state index in [9.17, 15) is 23.1 Å². The van der Waals surface area contributed by atoms with Gasteiger partial charge in [0.05, 0.1) is 19.0 Å². The molecule has 0 aliphatic rings. The highest BCUT2D eigenvalue weighted by atomic mass is 32.2. The zero-order valence-corrected chi connectivity index (χ0v) is 16.8. The van der Waals surface area contributed by atoms with Gasteiger partial charge in [0, 0.05) is 12.8 Å². The van der Waals surface area contributed by atoms with Crippen LogP contribution >= 0.6 is 0 Å². The Balaban J connectivity index is 1.60. The number of pyridine rings is 1. The molecule has 1 atom stereocenters. The molecule has 3 rings (SSSR count). The molecule has 0 aromatic carbocycles. The highest BCUT2D eigenvalue weighted by molar-refractivity contribution is 7.85. The largest absolute Gasteiger partial charge is 0.396 e. The van der Waals surface area contributed by atoms with E-state index in [4.69, 9.17) is 14.7 Å². The van der Waals surface area contributed by atoms with Gasteiger partial charge in [0.15, 0.2) is 11.5 Å². The number of fused-ring (bicyclic) bond motifs is 1. The fourth-order valence-electron chi connectivity index (χ4n) is 2.50. The van der Waals surface area contributed by atoms with Crippen molar-refractivity contribution in [3.05, 3.63) is 46.9 Å². The molecule has 0 saturated heterocycles. The van der Waals surface area contributed by atoms with Gasteiger partial charge in [-0.2, -0.15) is 8.42 Å². The molecule has 3 aromatic heterocycles. The Bertz CT molecular complexity index is 1220. The number of nitrogen functional groups attached to an aromatic ring is 1. The molecule has 3 aromatic rings. The predicted molar refractivity (Wildman–Crippen MR) is 106 cm³/mol. The van der Waals surface area contributed by atoms with Gasteiger partial charge in [0.1, 0.15) is 24.1 Å². The number of nitrogens with one attached hydrogen (secondary N) is 2. The first-order valence-corrected chi connectivity index (χ1v) is 10.2. The van der Waals surface area contributed by atoms with Crippen molar-refractivity contribution in [1.82, 2.24) is 29.2 Å². The first-order chi connectivity index (χ1) is 14.8. The van der Waals surface area contributed by atoms with Crippen molar-refractivity contribution >= 4 is 33.2 Å². The summed E-state index contributed by atoms with van der Waals surface area (Å²) in [4.78, 5) is 37.8. The standard InChI is InChI=1S/C16H19N7O7S/c17-13-12-14(20-7-19-13)23(8-21-12)9-29-10(3-5-24)6-30-31(27,28)22-16(26)11-2-1-4-18-15(11)25/h1-2,4,7-8,10,24H,3,5-6,9H2,(H,18,25)(H,22,26)(H2,17,19,20)/t10-/m0/s1. The van der Waals surface area contributed by atoms with E-state index in [1.807, 2.05) is 0 Å². The third-order valence-electron chi connectivity index (χ3n) is 4.02. The zero-order valence-electron chi connectivity index (χ0n) is 16.0. The van der Waals surface area contributed by atoms with Gasteiger partial charge >= 0.3 is 10.3 Å². The summed E-state index contributed by atoms with van der Waals surface area (Å²) in [6.45, 7) is -0.898. The van der Waals surface area contributed by atoms with Gasteiger partial charge in [-0.25, -0.2) is 19.7 Å². The Morgan fingerprint density at radius 3 is 2.90 bits per heavy atom. The Labute approximate surface area is 175 Å². The molecule has 0 spiro atoms. The molecule has 0 radical (unpaired) electrons. The molecule has 0 bridgehead atoms. The molecule has 15 heteroatoms. The molecule has 0 aliphatic heterocycles. The summed E-state index contributed by atoms with van der Waals surface area (Å²) in [6, 6.07) is 2.53. The maximum absolute atomic E-state index is 12.0. The van der Waals surface area contributed by atoms with Crippen LogP contribution in [0.2, 0.25) is 0 Å². The van der Waals surface area contributed by atoms with E-state index in [-0.39, 0.29) is 25.6 Å². The number of H-pyrrole nitrogens is 1. The smallest absolute Gasteiger partial charge is 0.362 e. The molecule has 0 saturated carbocycles. The fraction of sp³-hybridized carbons (Fsp3) is 0.312. The average Bonchev–Trinajstić information content (AvgIpc) is 3.14. The maximum Gasteiger partial charge on any atom is 0.362 e. The number of rotatable bonds is 10. The van der Waals surface area contributed by atoms with E-state index in [1.165, 1.54) is 29.5 Å². The third kappa shape index (κ3) is 5.60. The number of hydrogen-bond acceptors (Lipinski definition) is 11. The number of aromatic amines is 1. The van der Waals surface area contributed by atoms with Gasteiger partial charge in [0.25, 0.3) is 11.5 Å². The number of nitrogens with zero attached hydrogens (tertiary/aromatic N) is 4. The van der Waals surface area contributed by atoms with Gasteiger partial charge in [-0.3, -0.25) is 18.3 Å². The number of imidazole rings is 1. The number of carbonyl (C=O) groups excluding carboxylic acids is 1. The number of aliphatic hydroxyl groups is 1. The van der Waals surface area contributed by atoms with Crippen molar-refractivity contribution in [2.75, 3.05) is 18.9 Å². The number of carbonyl (C=O) groups is 1. The van der Waals surface area contributed by atoms with E-state index >= 15 is 0 Å². The minimum absolute atomic E-state index is 0.0472. The number of amides is 1. The summed E-state index contributed by atoms with van der Waals surface area (Å²) in [5.74, 6) is -0.957. The second kappa shape index (κ2) is 9.61. The maximum atomic E-state index is 12.0. The van der Waals surface area contributed by atoms with E-state index in [0.717, 1.165) is 6.07 Å². The summed E-state index contributed by atoms with van der Waals surface area (Å²) in [5.41, 5.74) is 5.35. The van der Waals surface area contributed by atoms with E-state index in [2.05, 4.69) is 19.9 Å². The molecular formula is C16H19N7O7S. The second-order valence-corrected chi connectivity index (χ2v) is 7.51. The van der Waals surface area contributed by atoms with Crippen molar-refractivity contribution < 1.29 is 27.2 Å². The van der Waals surface area contributed by atoms with Crippen LogP contribution in [0.4, 0.5) is 5.82 Å². The summed E-state index contributed by atoms with van der Waals surface area (Å²) in [5, 5.41) is 9.21. The number of anilines is 1. The quantitative estimate of drug-likeness (QED) is 0.278. The lowest BCUT2D eigenvalue weighted by molar-refractivity contribution is -0.0268. The number of ether oxygens (including phenoxy) is 1. The Hall–Kier alpha value is -3.40. The number of aromatic nitrogens is 5. The third-order valence-corrected chi connectivity index (χ3v) is 4.90. The highest BCUT2D eigenvalue weighted by Crippen LogP contribution is 2.15. The normalized spacial score (nSPS) is 12.7. The molecule has 3 heterocycles. The average molecular weight is 453 g/mol. The van der Waals surface area contributed by atoms with Gasteiger partial charge in [-0.05, 0) is 18.6 Å². The van der Waals surface area contributed by atoms with Gasteiger partial charge in [0.2, 0.25) is 0 Å². The fourth-order valence-corrected chi connectivity index (χ4v) is 3.23. The van der Waals surface area contributed by atoms with Crippen molar-refractivity contribution in [2.45, 2.75) is 19.3 Å². The monoisotopic (exact) mass is 453 g/mol. The molecular weight excluding hydrogens is 434 g/mol. The van der Waals surface area contributed by atoms with Crippen molar-refractivity contribution in [3.8, 4) is 0 Å². The summed E-state index contributed by atoms with van der Waals surface area (Å²) < 4.78 is 37.6. The van der Waals surface area contributed by atoms with Crippen LogP contribution in [0.25, 0.3) is 11.2 Å². The van der Waals surface area contributed by atoms with E-state index in [1.54, 1.807) is 4.72 Å². The molecule has 31 heavy (non-hydrogen) atoms. The molecule has 166 valence electrons. The zero-order chi connectivity index (χ0) is 22.4.